The van der Waals surface area contributed by atoms with Gasteiger partial charge >= 0.3 is 0 Å². The molecule has 0 aliphatic carbocycles. The number of rotatable bonds is 5. The van der Waals surface area contributed by atoms with Crippen molar-refractivity contribution >= 4 is 28.4 Å². The van der Waals surface area contributed by atoms with Crippen LogP contribution in [0.25, 0.3) is 10.9 Å². The molecule has 0 aliphatic rings. The largest absolute Gasteiger partial charge is 0.618 e. The Morgan fingerprint density at radius 3 is 2.50 bits per heavy atom. The molecule has 0 fully saturated rings. The number of nitrogens with zero attached hydrogens (tertiary/aromatic N) is 1. The third-order valence-corrected chi connectivity index (χ3v) is 5.50. The highest BCUT2D eigenvalue weighted by Gasteiger charge is 2.28. The summed E-state index contributed by atoms with van der Waals surface area (Å²) in [6, 6.07) is 22.5. The van der Waals surface area contributed by atoms with E-state index in [0.717, 1.165) is 21.2 Å². The number of ketones is 1. The third-order valence-electron chi connectivity index (χ3n) is 4.22. The summed E-state index contributed by atoms with van der Waals surface area (Å²) in [4.78, 5) is 16.5. The average Bonchev–Trinajstić information content (AvgIpc) is 3.12. The van der Waals surface area contributed by atoms with Gasteiger partial charge < -0.3 is 10.2 Å². The van der Waals surface area contributed by atoms with Gasteiger partial charge in [-0.1, -0.05) is 48.5 Å². The smallest absolute Gasteiger partial charge is 0.252 e. The molecule has 0 amide bonds. The molecule has 0 spiro atoms. The maximum atomic E-state index is 13.4. The molecule has 0 radical (unpaired) electrons. The molecule has 1 atom stereocenters. The van der Waals surface area contributed by atoms with Crippen molar-refractivity contribution in [3.8, 4) is 0 Å². The van der Waals surface area contributed by atoms with Crippen LogP contribution in [0.3, 0.4) is 0 Å². The first-order valence-corrected chi connectivity index (χ1v) is 9.12. The number of nitrogens with one attached hydrogen (secondary N) is 1. The van der Waals surface area contributed by atoms with Gasteiger partial charge in [0.05, 0.1) is 0 Å². The lowest BCUT2D eigenvalue weighted by Crippen LogP contribution is -2.28. The van der Waals surface area contributed by atoms with Crippen molar-refractivity contribution in [1.82, 2.24) is 4.98 Å². The Morgan fingerprint density at radius 1 is 0.962 bits per heavy atom. The van der Waals surface area contributed by atoms with E-state index in [0.29, 0.717) is 10.6 Å². The Hall–Kier alpha value is -3.05. The molecule has 128 valence electrons. The molecule has 5 heteroatoms. The van der Waals surface area contributed by atoms with Gasteiger partial charge in [0.25, 0.3) is 5.03 Å². The van der Waals surface area contributed by atoms with Crippen LogP contribution in [0.4, 0.5) is 0 Å². The number of thioether (sulfide) groups is 1. The van der Waals surface area contributed by atoms with E-state index in [-0.39, 0.29) is 5.78 Å². The van der Waals surface area contributed by atoms with Gasteiger partial charge in [-0.25, -0.2) is 0 Å². The van der Waals surface area contributed by atoms with Crippen LogP contribution in [-0.4, -0.2) is 10.8 Å². The van der Waals surface area contributed by atoms with Crippen molar-refractivity contribution in [3.63, 3.8) is 0 Å². The highest BCUT2D eigenvalue weighted by Crippen LogP contribution is 2.37. The fourth-order valence-electron chi connectivity index (χ4n) is 2.94. The van der Waals surface area contributed by atoms with Gasteiger partial charge in [-0.05, 0) is 29.5 Å². The molecule has 4 aromatic rings. The van der Waals surface area contributed by atoms with Crippen molar-refractivity contribution in [2.24, 2.45) is 0 Å². The summed E-state index contributed by atoms with van der Waals surface area (Å²) >= 11 is 1.27. The zero-order valence-electron chi connectivity index (χ0n) is 13.8. The maximum absolute atomic E-state index is 13.4. The Balaban J connectivity index is 1.78. The Morgan fingerprint density at radius 2 is 1.69 bits per heavy atom. The Kier molecular flexibility index (Phi) is 4.46. The summed E-state index contributed by atoms with van der Waals surface area (Å²) in [5.41, 5.74) is 2.43. The number of carbonyl (C=O) groups is 1. The SMILES string of the molecule is O=C(c1c[nH]c2ccccc12)C(Sc1cccc[n+]1[O-])c1ccccc1. The van der Waals surface area contributed by atoms with Crippen LogP contribution < -0.4 is 4.73 Å². The number of hydrogen-bond donors (Lipinski definition) is 1. The number of aromatic amines is 1. The van der Waals surface area contributed by atoms with E-state index in [1.54, 1.807) is 24.4 Å². The maximum Gasteiger partial charge on any atom is 0.252 e. The van der Waals surface area contributed by atoms with E-state index < -0.39 is 5.25 Å². The van der Waals surface area contributed by atoms with Gasteiger partial charge in [0.15, 0.2) is 12.0 Å². The predicted octanol–water partition coefficient (Wildman–Crippen LogP) is 4.52. The fraction of sp³-hybridized carbons (Fsp3) is 0.0476. The predicted molar refractivity (Wildman–Crippen MR) is 103 cm³/mol. The van der Waals surface area contributed by atoms with Crippen molar-refractivity contribution < 1.29 is 9.52 Å². The number of carbonyl (C=O) groups excluding carboxylic acids is 1. The van der Waals surface area contributed by atoms with Crippen LogP contribution in [-0.2, 0) is 0 Å². The number of para-hydroxylation sites is 1. The molecule has 2 aromatic carbocycles. The lowest BCUT2D eigenvalue weighted by molar-refractivity contribution is -0.645. The second kappa shape index (κ2) is 7.06. The van der Waals surface area contributed by atoms with Gasteiger partial charge in [-0.2, -0.15) is 4.73 Å². The van der Waals surface area contributed by atoms with Crippen molar-refractivity contribution in [1.29, 1.82) is 0 Å². The van der Waals surface area contributed by atoms with Gasteiger partial charge in [-0.15, -0.1) is 0 Å². The third kappa shape index (κ3) is 3.09. The van der Waals surface area contributed by atoms with E-state index in [2.05, 4.69) is 4.98 Å². The summed E-state index contributed by atoms with van der Waals surface area (Å²) < 4.78 is 0.795. The van der Waals surface area contributed by atoms with E-state index >= 15 is 0 Å². The molecule has 2 aromatic heterocycles. The molecule has 26 heavy (non-hydrogen) atoms. The number of aromatic nitrogens is 2. The Labute approximate surface area is 155 Å². The zero-order valence-corrected chi connectivity index (χ0v) is 14.6. The summed E-state index contributed by atoms with van der Waals surface area (Å²) in [6.07, 6.45) is 3.19. The number of hydrogen-bond acceptors (Lipinski definition) is 3. The van der Waals surface area contributed by atoms with Crippen molar-refractivity contribution in [2.45, 2.75) is 10.3 Å². The number of fused-ring (bicyclic) bond motifs is 1. The van der Waals surface area contributed by atoms with E-state index in [4.69, 9.17) is 0 Å². The molecule has 4 rings (SSSR count). The lowest BCUT2D eigenvalue weighted by Gasteiger charge is -2.15. The summed E-state index contributed by atoms with van der Waals surface area (Å²) in [5.74, 6) is -0.0255. The summed E-state index contributed by atoms with van der Waals surface area (Å²) in [6.45, 7) is 0. The van der Waals surface area contributed by atoms with Crippen LogP contribution in [0.15, 0.2) is 90.2 Å². The normalized spacial score (nSPS) is 12.2. The second-order valence-electron chi connectivity index (χ2n) is 5.89. The number of Topliss-reactive ketones (excluding diaryl/α,β-unsaturated/α-hetero) is 1. The van der Waals surface area contributed by atoms with Gasteiger partial charge in [-0.3, -0.25) is 4.79 Å². The summed E-state index contributed by atoms with van der Waals surface area (Å²) in [7, 11) is 0. The van der Waals surface area contributed by atoms with Gasteiger partial charge in [0, 0.05) is 34.8 Å². The van der Waals surface area contributed by atoms with Gasteiger partial charge in [0.1, 0.15) is 5.25 Å². The summed E-state index contributed by atoms with van der Waals surface area (Å²) in [5, 5.41) is 13.0. The lowest BCUT2D eigenvalue weighted by atomic mass is 10.0. The number of H-pyrrole nitrogens is 1. The molecule has 0 saturated heterocycles. The van der Waals surface area contributed by atoms with Crippen LogP contribution in [0, 0.1) is 5.21 Å². The van der Waals surface area contributed by atoms with Crippen LogP contribution in [0.5, 0.6) is 0 Å². The standard InChI is InChI=1S/C21H16N2O2S/c24-20(17-14-22-18-11-5-4-10-16(17)18)21(15-8-2-1-3-9-15)26-19-12-6-7-13-23(19)25/h1-14,21-22H. The Bertz CT molecular complexity index is 1060. The highest BCUT2D eigenvalue weighted by atomic mass is 32.2. The monoisotopic (exact) mass is 360 g/mol. The molecule has 0 aliphatic heterocycles. The average molecular weight is 360 g/mol. The van der Waals surface area contributed by atoms with Crippen LogP contribution in [0.1, 0.15) is 21.2 Å². The minimum atomic E-state index is -0.502. The van der Waals surface area contributed by atoms with Crippen molar-refractivity contribution in [2.75, 3.05) is 0 Å². The molecule has 0 saturated carbocycles. The van der Waals surface area contributed by atoms with E-state index in [1.807, 2.05) is 54.6 Å². The van der Waals surface area contributed by atoms with Crippen LogP contribution in [0.2, 0.25) is 0 Å². The quantitative estimate of drug-likeness (QED) is 0.246. The first kappa shape index (κ1) is 16.4. The molecule has 2 heterocycles. The number of benzene rings is 2. The molecule has 1 N–H and O–H groups in total. The molecular formula is C21H16N2O2S. The number of pyridine rings is 1. The highest BCUT2D eigenvalue weighted by molar-refractivity contribution is 8.00. The molecule has 0 bridgehead atoms. The molecular weight excluding hydrogens is 344 g/mol. The topological polar surface area (TPSA) is 59.8 Å². The first-order valence-electron chi connectivity index (χ1n) is 8.24. The van der Waals surface area contributed by atoms with Crippen molar-refractivity contribution in [3.05, 3.63) is 102 Å². The van der Waals surface area contributed by atoms with Gasteiger partial charge in [0.2, 0.25) is 0 Å². The fourth-order valence-corrected chi connectivity index (χ4v) is 4.03. The van der Waals surface area contributed by atoms with Crippen LogP contribution >= 0.6 is 11.8 Å². The zero-order chi connectivity index (χ0) is 17.9. The molecule has 1 unspecified atom stereocenters. The van der Waals surface area contributed by atoms with E-state index in [9.17, 15) is 10.0 Å². The second-order valence-corrected chi connectivity index (χ2v) is 7.01. The minimum Gasteiger partial charge on any atom is -0.618 e. The molecule has 4 nitrogen and oxygen atoms in total. The minimum absolute atomic E-state index is 0.0255. The first-order chi connectivity index (χ1) is 12.7. The van der Waals surface area contributed by atoms with E-state index in [1.165, 1.54) is 18.0 Å².